The van der Waals surface area contributed by atoms with E-state index in [0.717, 1.165) is 24.2 Å². The monoisotopic (exact) mass is 289 g/mol. The smallest absolute Gasteiger partial charge is 0.119 e. The van der Waals surface area contributed by atoms with E-state index in [4.69, 9.17) is 22.1 Å². The van der Waals surface area contributed by atoms with Crippen molar-refractivity contribution in [1.29, 1.82) is 0 Å². The van der Waals surface area contributed by atoms with Crippen molar-refractivity contribution in [2.75, 3.05) is 5.73 Å². The lowest BCUT2D eigenvalue weighted by molar-refractivity contribution is 0.221. The number of nitrogen functional groups attached to an aromatic ring is 1. The van der Waals surface area contributed by atoms with Crippen molar-refractivity contribution in [3.05, 3.63) is 58.6 Å². The van der Waals surface area contributed by atoms with E-state index in [0.29, 0.717) is 22.4 Å². The van der Waals surface area contributed by atoms with Crippen LogP contribution in [0.5, 0.6) is 5.75 Å². The van der Waals surface area contributed by atoms with Gasteiger partial charge < -0.3 is 15.6 Å². The molecule has 3 N–H and O–H groups in total. The number of hydrogen-bond donors (Lipinski definition) is 2. The maximum absolute atomic E-state index is 10.4. The summed E-state index contributed by atoms with van der Waals surface area (Å²) in [5.41, 5.74) is 7.82. The molecule has 1 aliphatic carbocycles. The highest BCUT2D eigenvalue weighted by molar-refractivity contribution is 6.30. The van der Waals surface area contributed by atoms with Gasteiger partial charge in [0.25, 0.3) is 0 Å². The molecule has 2 aromatic rings. The Labute approximate surface area is 122 Å². The highest BCUT2D eigenvalue weighted by Crippen LogP contribution is 2.31. The largest absolute Gasteiger partial charge is 0.490 e. The number of ether oxygens (including phenoxy) is 1. The summed E-state index contributed by atoms with van der Waals surface area (Å²) < 4.78 is 5.68. The Bertz CT molecular complexity index is 608. The normalized spacial score (nSPS) is 15.9. The number of aliphatic hydroxyl groups excluding tert-OH is 1. The lowest BCUT2D eigenvalue weighted by atomic mass is 10.00. The van der Waals surface area contributed by atoms with Crippen LogP contribution in [0.4, 0.5) is 5.69 Å². The fraction of sp³-hybridized carbons (Fsp3) is 0.250. The van der Waals surface area contributed by atoms with Crippen molar-refractivity contribution in [1.82, 2.24) is 0 Å². The third kappa shape index (κ3) is 2.89. The van der Waals surface area contributed by atoms with E-state index in [9.17, 15) is 5.11 Å². The number of anilines is 1. The molecule has 4 heteroatoms. The molecule has 1 aliphatic rings. The van der Waals surface area contributed by atoms with Gasteiger partial charge in [0.05, 0.1) is 6.10 Å². The van der Waals surface area contributed by atoms with E-state index in [1.165, 1.54) is 0 Å². The number of nitrogens with two attached hydrogens (primary N) is 1. The van der Waals surface area contributed by atoms with Crippen molar-refractivity contribution in [2.24, 2.45) is 0 Å². The molecule has 1 atom stereocenters. The van der Waals surface area contributed by atoms with E-state index in [1.807, 2.05) is 24.3 Å². The first-order valence-corrected chi connectivity index (χ1v) is 7.01. The molecule has 2 aromatic carbocycles. The van der Waals surface area contributed by atoms with Crippen LogP contribution < -0.4 is 10.5 Å². The second-order valence-corrected chi connectivity index (χ2v) is 5.50. The van der Waals surface area contributed by atoms with Crippen LogP contribution in [0.25, 0.3) is 0 Å². The summed E-state index contributed by atoms with van der Waals surface area (Å²) in [5, 5.41) is 10.9. The Morgan fingerprint density at radius 2 is 1.85 bits per heavy atom. The standard InChI is InChI=1S/C16H16ClNO2/c17-11-3-8-14(15(18)9-11)16(19)10-1-4-12(5-2-10)20-13-6-7-13/h1-5,8-9,13,16,19H,6-7,18H2. The minimum atomic E-state index is -0.762. The van der Waals surface area contributed by atoms with Crippen LogP contribution in [-0.2, 0) is 0 Å². The number of hydrogen-bond acceptors (Lipinski definition) is 3. The molecule has 0 heterocycles. The van der Waals surface area contributed by atoms with Crippen LogP contribution in [0.3, 0.4) is 0 Å². The minimum Gasteiger partial charge on any atom is -0.490 e. The Morgan fingerprint density at radius 3 is 2.45 bits per heavy atom. The van der Waals surface area contributed by atoms with Gasteiger partial charge in [0.2, 0.25) is 0 Å². The summed E-state index contributed by atoms with van der Waals surface area (Å²) >= 11 is 5.86. The van der Waals surface area contributed by atoms with Gasteiger partial charge in [0.1, 0.15) is 11.9 Å². The van der Waals surface area contributed by atoms with Gasteiger partial charge in [-0.25, -0.2) is 0 Å². The van der Waals surface area contributed by atoms with E-state index in [2.05, 4.69) is 0 Å². The Hall–Kier alpha value is -1.71. The molecule has 0 aromatic heterocycles. The van der Waals surface area contributed by atoms with Gasteiger partial charge in [-0.3, -0.25) is 0 Å². The maximum Gasteiger partial charge on any atom is 0.119 e. The van der Waals surface area contributed by atoms with Gasteiger partial charge in [-0.15, -0.1) is 0 Å². The fourth-order valence-corrected chi connectivity index (χ4v) is 2.26. The quantitative estimate of drug-likeness (QED) is 0.847. The Morgan fingerprint density at radius 1 is 1.15 bits per heavy atom. The summed E-state index contributed by atoms with van der Waals surface area (Å²) in [6.45, 7) is 0. The van der Waals surface area contributed by atoms with E-state index < -0.39 is 6.10 Å². The van der Waals surface area contributed by atoms with E-state index in [1.54, 1.807) is 18.2 Å². The van der Waals surface area contributed by atoms with Gasteiger partial charge in [0, 0.05) is 16.3 Å². The van der Waals surface area contributed by atoms with Crippen LogP contribution in [0, 0.1) is 0 Å². The van der Waals surface area contributed by atoms with Crippen LogP contribution in [0.1, 0.15) is 30.1 Å². The summed E-state index contributed by atoms with van der Waals surface area (Å²) in [6, 6.07) is 12.6. The predicted octanol–water partition coefficient (Wildman–Crippen LogP) is 3.55. The van der Waals surface area contributed by atoms with Gasteiger partial charge in [-0.05, 0) is 42.7 Å². The molecule has 0 aliphatic heterocycles. The molecule has 20 heavy (non-hydrogen) atoms. The summed E-state index contributed by atoms with van der Waals surface area (Å²) in [5.74, 6) is 0.840. The van der Waals surface area contributed by atoms with Crippen molar-refractivity contribution in [3.63, 3.8) is 0 Å². The molecule has 1 saturated carbocycles. The number of aliphatic hydroxyl groups is 1. The third-order valence-corrected chi connectivity index (χ3v) is 3.60. The number of halogens is 1. The van der Waals surface area contributed by atoms with Crippen molar-refractivity contribution < 1.29 is 9.84 Å². The van der Waals surface area contributed by atoms with E-state index >= 15 is 0 Å². The molecule has 104 valence electrons. The molecule has 0 radical (unpaired) electrons. The molecular weight excluding hydrogens is 274 g/mol. The topological polar surface area (TPSA) is 55.5 Å². The SMILES string of the molecule is Nc1cc(Cl)ccc1C(O)c1ccc(OC2CC2)cc1. The summed E-state index contributed by atoms with van der Waals surface area (Å²) in [4.78, 5) is 0. The van der Waals surface area contributed by atoms with Crippen LogP contribution in [0.15, 0.2) is 42.5 Å². The molecular formula is C16H16ClNO2. The molecule has 0 spiro atoms. The molecule has 3 rings (SSSR count). The van der Waals surface area contributed by atoms with Gasteiger partial charge >= 0.3 is 0 Å². The van der Waals surface area contributed by atoms with Crippen molar-refractivity contribution >= 4 is 17.3 Å². The second-order valence-electron chi connectivity index (χ2n) is 5.06. The zero-order chi connectivity index (χ0) is 14.1. The Balaban J connectivity index is 1.80. The summed E-state index contributed by atoms with van der Waals surface area (Å²) in [6.07, 6.45) is 1.87. The second kappa shape index (κ2) is 5.35. The third-order valence-electron chi connectivity index (χ3n) is 3.37. The lowest BCUT2D eigenvalue weighted by Gasteiger charge is -2.14. The van der Waals surface area contributed by atoms with Crippen molar-refractivity contribution in [3.8, 4) is 5.75 Å². The average molecular weight is 290 g/mol. The van der Waals surface area contributed by atoms with Gasteiger partial charge in [-0.1, -0.05) is 29.8 Å². The summed E-state index contributed by atoms with van der Waals surface area (Å²) in [7, 11) is 0. The highest BCUT2D eigenvalue weighted by Gasteiger charge is 2.23. The van der Waals surface area contributed by atoms with Gasteiger partial charge in [-0.2, -0.15) is 0 Å². The molecule has 1 unspecified atom stereocenters. The molecule has 3 nitrogen and oxygen atoms in total. The maximum atomic E-state index is 10.4. The predicted molar refractivity (Wildman–Crippen MR) is 80.0 cm³/mol. The van der Waals surface area contributed by atoms with Gasteiger partial charge in [0.15, 0.2) is 0 Å². The van der Waals surface area contributed by atoms with Crippen LogP contribution >= 0.6 is 11.6 Å². The number of benzene rings is 2. The first kappa shape index (κ1) is 13.3. The molecule has 0 bridgehead atoms. The first-order valence-electron chi connectivity index (χ1n) is 6.63. The fourth-order valence-electron chi connectivity index (χ4n) is 2.08. The van der Waals surface area contributed by atoms with Crippen molar-refractivity contribution in [2.45, 2.75) is 25.0 Å². The zero-order valence-corrected chi connectivity index (χ0v) is 11.7. The number of rotatable bonds is 4. The first-order chi connectivity index (χ1) is 9.63. The van der Waals surface area contributed by atoms with E-state index in [-0.39, 0.29) is 0 Å². The molecule has 0 amide bonds. The average Bonchev–Trinajstić information content (AvgIpc) is 3.23. The lowest BCUT2D eigenvalue weighted by Crippen LogP contribution is -2.04. The Kier molecular flexibility index (Phi) is 3.55. The zero-order valence-electron chi connectivity index (χ0n) is 10.9. The minimum absolute atomic E-state index is 0.373. The molecule has 0 saturated heterocycles. The highest BCUT2D eigenvalue weighted by atomic mass is 35.5. The van der Waals surface area contributed by atoms with Crippen LogP contribution in [0.2, 0.25) is 5.02 Å². The van der Waals surface area contributed by atoms with Crippen LogP contribution in [-0.4, -0.2) is 11.2 Å². The molecule has 1 fully saturated rings.